The van der Waals surface area contributed by atoms with Crippen LogP contribution in [0, 0.1) is 5.41 Å². The minimum Gasteiger partial charge on any atom is -0.392 e. The van der Waals surface area contributed by atoms with Crippen LogP contribution in [-0.2, 0) is 11.3 Å². The lowest BCUT2D eigenvalue weighted by atomic mass is 9.71. The number of amides is 1. The van der Waals surface area contributed by atoms with Gasteiger partial charge in [0.1, 0.15) is 6.54 Å². The molecule has 2 saturated heterocycles. The SMILES string of the molecule is CC=C(C)CN1CC[C@@H](O)[C@]2(CCCN(C(=O)Cn3ccccc3=O)C2)C1. The van der Waals surface area contributed by atoms with Gasteiger partial charge < -0.3 is 14.6 Å². The molecule has 2 fully saturated rings. The first-order valence-electron chi connectivity index (χ1n) is 9.89. The molecule has 2 aliphatic rings. The number of hydrogen-bond donors (Lipinski definition) is 1. The topological polar surface area (TPSA) is 65.8 Å². The van der Waals surface area contributed by atoms with E-state index in [1.54, 1.807) is 18.3 Å². The van der Waals surface area contributed by atoms with Crippen molar-refractivity contribution < 1.29 is 9.90 Å². The predicted octanol–water partition coefficient (Wildman–Crippen LogP) is 1.49. The van der Waals surface area contributed by atoms with Gasteiger partial charge >= 0.3 is 0 Å². The van der Waals surface area contributed by atoms with E-state index in [9.17, 15) is 14.7 Å². The van der Waals surface area contributed by atoms with Gasteiger partial charge in [-0.2, -0.15) is 0 Å². The first-order valence-corrected chi connectivity index (χ1v) is 9.89. The zero-order valence-electron chi connectivity index (χ0n) is 16.4. The van der Waals surface area contributed by atoms with E-state index in [4.69, 9.17) is 0 Å². The minimum atomic E-state index is -0.380. The Morgan fingerprint density at radius 2 is 2.11 bits per heavy atom. The number of aliphatic hydroxyl groups excluding tert-OH is 1. The highest BCUT2D eigenvalue weighted by Crippen LogP contribution is 2.39. The Hall–Kier alpha value is -1.92. The molecule has 1 aromatic heterocycles. The molecule has 0 aliphatic carbocycles. The number of pyridine rings is 1. The van der Waals surface area contributed by atoms with Crippen LogP contribution in [0.25, 0.3) is 0 Å². The average molecular weight is 373 g/mol. The number of carbonyl (C=O) groups excluding carboxylic acids is 1. The van der Waals surface area contributed by atoms with Gasteiger partial charge in [-0.05, 0) is 39.2 Å². The molecule has 2 aliphatic heterocycles. The maximum absolute atomic E-state index is 12.8. The number of hydrogen-bond acceptors (Lipinski definition) is 4. The molecule has 6 heteroatoms. The second-order valence-corrected chi connectivity index (χ2v) is 8.10. The van der Waals surface area contributed by atoms with Crippen molar-refractivity contribution >= 4 is 5.91 Å². The van der Waals surface area contributed by atoms with E-state index >= 15 is 0 Å². The monoisotopic (exact) mass is 373 g/mol. The molecule has 27 heavy (non-hydrogen) atoms. The molecule has 1 aromatic rings. The van der Waals surface area contributed by atoms with Gasteiger partial charge in [-0.3, -0.25) is 14.5 Å². The second-order valence-electron chi connectivity index (χ2n) is 8.10. The van der Waals surface area contributed by atoms with Crippen LogP contribution in [0.3, 0.4) is 0 Å². The summed E-state index contributed by atoms with van der Waals surface area (Å²) in [6.07, 6.45) is 5.98. The van der Waals surface area contributed by atoms with Crippen molar-refractivity contribution in [2.75, 3.05) is 32.7 Å². The van der Waals surface area contributed by atoms with E-state index in [0.717, 1.165) is 38.9 Å². The molecule has 0 aromatic carbocycles. The maximum Gasteiger partial charge on any atom is 0.250 e. The largest absolute Gasteiger partial charge is 0.392 e. The number of rotatable bonds is 4. The Morgan fingerprint density at radius 3 is 2.85 bits per heavy atom. The Labute approximate surface area is 161 Å². The lowest BCUT2D eigenvalue weighted by molar-refractivity contribution is -0.141. The fraction of sp³-hybridized carbons (Fsp3) is 0.619. The van der Waals surface area contributed by atoms with Crippen molar-refractivity contribution in [3.8, 4) is 0 Å². The molecule has 0 unspecified atom stereocenters. The molecule has 2 atom stereocenters. The summed E-state index contributed by atoms with van der Waals surface area (Å²) in [5.74, 6) is -0.0451. The molecular formula is C21H31N3O3. The number of likely N-dealkylation sites (tertiary alicyclic amines) is 2. The second kappa shape index (κ2) is 8.40. The van der Waals surface area contributed by atoms with E-state index in [1.807, 2.05) is 4.90 Å². The maximum atomic E-state index is 12.8. The lowest BCUT2D eigenvalue weighted by Gasteiger charge is -2.51. The Kier molecular flexibility index (Phi) is 6.17. The quantitative estimate of drug-likeness (QED) is 0.812. The first-order chi connectivity index (χ1) is 12.9. The fourth-order valence-electron chi connectivity index (χ4n) is 4.43. The highest BCUT2D eigenvalue weighted by atomic mass is 16.3. The zero-order valence-corrected chi connectivity index (χ0v) is 16.4. The number of nitrogens with zero attached hydrogens (tertiary/aromatic N) is 3. The molecule has 1 spiro atoms. The Morgan fingerprint density at radius 1 is 1.30 bits per heavy atom. The summed E-state index contributed by atoms with van der Waals surface area (Å²) in [4.78, 5) is 29.0. The third kappa shape index (κ3) is 4.50. The average Bonchev–Trinajstić information content (AvgIpc) is 2.66. The van der Waals surface area contributed by atoms with Gasteiger partial charge in [0.25, 0.3) is 5.56 Å². The van der Waals surface area contributed by atoms with Crippen molar-refractivity contribution in [3.05, 3.63) is 46.4 Å². The van der Waals surface area contributed by atoms with Crippen LogP contribution >= 0.6 is 0 Å². The highest BCUT2D eigenvalue weighted by molar-refractivity contribution is 5.76. The summed E-state index contributed by atoms with van der Waals surface area (Å²) in [6.45, 7) is 8.13. The van der Waals surface area contributed by atoms with Gasteiger partial charge in [0.05, 0.1) is 6.10 Å². The molecular weight excluding hydrogens is 342 g/mol. The highest BCUT2D eigenvalue weighted by Gasteiger charge is 2.46. The molecule has 148 valence electrons. The molecule has 1 amide bonds. The Balaban J connectivity index is 1.70. The van der Waals surface area contributed by atoms with Crippen molar-refractivity contribution in [3.63, 3.8) is 0 Å². The van der Waals surface area contributed by atoms with Crippen LogP contribution in [0.1, 0.15) is 33.1 Å². The summed E-state index contributed by atoms with van der Waals surface area (Å²) < 4.78 is 1.45. The minimum absolute atomic E-state index is 0.0451. The number of aromatic nitrogens is 1. The number of piperidine rings is 2. The zero-order chi connectivity index (χ0) is 19.4. The summed E-state index contributed by atoms with van der Waals surface area (Å²) in [5, 5.41) is 10.8. The molecule has 1 N–H and O–H groups in total. The van der Waals surface area contributed by atoms with Gasteiger partial charge in [0.15, 0.2) is 0 Å². The predicted molar refractivity (Wildman–Crippen MR) is 105 cm³/mol. The third-order valence-corrected chi connectivity index (χ3v) is 6.10. The number of aliphatic hydroxyl groups is 1. The van der Waals surface area contributed by atoms with E-state index in [1.165, 1.54) is 16.2 Å². The molecule has 3 rings (SSSR count). The van der Waals surface area contributed by atoms with Crippen LogP contribution in [0.2, 0.25) is 0 Å². The van der Waals surface area contributed by atoms with E-state index < -0.39 is 0 Å². The molecule has 0 bridgehead atoms. The molecule has 0 saturated carbocycles. The third-order valence-electron chi connectivity index (χ3n) is 6.10. The van der Waals surface area contributed by atoms with Crippen LogP contribution < -0.4 is 5.56 Å². The summed E-state index contributed by atoms with van der Waals surface area (Å²) in [5.41, 5.74) is 0.902. The molecule has 0 radical (unpaired) electrons. The molecule has 6 nitrogen and oxygen atoms in total. The van der Waals surface area contributed by atoms with Gasteiger partial charge in [0.2, 0.25) is 5.91 Å². The number of allylic oxidation sites excluding steroid dienone is 1. The van der Waals surface area contributed by atoms with Gasteiger partial charge in [-0.25, -0.2) is 0 Å². The van der Waals surface area contributed by atoms with E-state index in [2.05, 4.69) is 24.8 Å². The van der Waals surface area contributed by atoms with E-state index in [-0.39, 0.29) is 29.5 Å². The summed E-state index contributed by atoms with van der Waals surface area (Å²) >= 11 is 0. The smallest absolute Gasteiger partial charge is 0.250 e. The summed E-state index contributed by atoms with van der Waals surface area (Å²) in [6, 6.07) is 4.91. The van der Waals surface area contributed by atoms with Crippen LogP contribution in [0.5, 0.6) is 0 Å². The summed E-state index contributed by atoms with van der Waals surface area (Å²) in [7, 11) is 0. The van der Waals surface area contributed by atoms with E-state index in [0.29, 0.717) is 13.1 Å². The van der Waals surface area contributed by atoms with Crippen LogP contribution in [0.4, 0.5) is 0 Å². The normalized spacial score (nSPS) is 27.1. The molecule has 3 heterocycles. The van der Waals surface area contributed by atoms with Crippen molar-refractivity contribution in [1.82, 2.24) is 14.4 Å². The Bertz CT molecular complexity index is 757. The van der Waals surface area contributed by atoms with Crippen molar-refractivity contribution in [2.24, 2.45) is 5.41 Å². The van der Waals surface area contributed by atoms with Crippen LogP contribution in [-0.4, -0.2) is 64.2 Å². The standard InChI is InChI=1S/C21H31N3O3/c1-3-17(2)13-22-12-8-18(25)21(15-22)9-6-11-24(16-21)20(27)14-23-10-5-4-7-19(23)26/h3-5,7,10,18,25H,6,8-9,11-16H2,1-2H3/t18-,21-/m1/s1. The van der Waals surface area contributed by atoms with Gasteiger partial charge in [-0.1, -0.05) is 17.7 Å². The van der Waals surface area contributed by atoms with Crippen molar-refractivity contribution in [2.45, 2.75) is 45.8 Å². The van der Waals surface area contributed by atoms with Gasteiger partial charge in [-0.15, -0.1) is 0 Å². The first kappa shape index (κ1) is 19.8. The van der Waals surface area contributed by atoms with Gasteiger partial charge in [0, 0.05) is 50.4 Å². The van der Waals surface area contributed by atoms with Crippen molar-refractivity contribution in [1.29, 1.82) is 0 Å². The van der Waals surface area contributed by atoms with Crippen LogP contribution in [0.15, 0.2) is 40.8 Å². The lowest BCUT2D eigenvalue weighted by Crippen LogP contribution is -2.60. The number of carbonyl (C=O) groups is 1. The fourth-order valence-corrected chi connectivity index (χ4v) is 4.43.